The second-order valence-corrected chi connectivity index (χ2v) is 6.82. The van der Waals surface area contributed by atoms with Gasteiger partial charge in [0.25, 0.3) is 0 Å². The highest BCUT2D eigenvalue weighted by Gasteiger charge is 2.28. The molecule has 26 heavy (non-hydrogen) atoms. The molecule has 1 fully saturated rings. The van der Waals surface area contributed by atoms with Gasteiger partial charge in [-0.05, 0) is 37.8 Å². The number of hydrogen-bond acceptors (Lipinski definition) is 5. The number of carbonyl (C=O) groups excluding carboxylic acids is 2. The number of hydrogen-bond donors (Lipinski definition) is 2. The van der Waals surface area contributed by atoms with Crippen molar-refractivity contribution in [3.8, 4) is 0 Å². The number of amides is 2. The minimum absolute atomic E-state index is 0.0315. The van der Waals surface area contributed by atoms with Gasteiger partial charge in [0, 0.05) is 37.0 Å². The van der Waals surface area contributed by atoms with Crippen LogP contribution in [-0.2, 0) is 22.4 Å². The lowest BCUT2D eigenvalue weighted by atomic mass is 10.2. The summed E-state index contributed by atoms with van der Waals surface area (Å²) in [7, 11) is 0. The molecule has 3 rings (SSSR count). The van der Waals surface area contributed by atoms with Crippen LogP contribution in [0.15, 0.2) is 35.1 Å². The van der Waals surface area contributed by atoms with Crippen molar-refractivity contribution in [1.82, 2.24) is 20.8 Å². The summed E-state index contributed by atoms with van der Waals surface area (Å²) < 4.78 is 5.25. The van der Waals surface area contributed by atoms with Crippen molar-refractivity contribution in [1.29, 1.82) is 0 Å². The fourth-order valence-electron chi connectivity index (χ4n) is 2.71. The topological polar surface area (TPSA) is 97.1 Å². The zero-order valence-electron chi connectivity index (χ0n) is 14.9. The highest BCUT2D eigenvalue weighted by molar-refractivity contribution is 5.79. The van der Waals surface area contributed by atoms with E-state index in [4.69, 9.17) is 4.52 Å². The van der Waals surface area contributed by atoms with E-state index in [1.807, 2.05) is 25.1 Å². The molecule has 2 N–H and O–H groups in total. The molecule has 2 amide bonds. The van der Waals surface area contributed by atoms with E-state index in [1.54, 1.807) is 12.4 Å². The van der Waals surface area contributed by atoms with Crippen molar-refractivity contribution >= 4 is 11.8 Å². The SMILES string of the molecule is CC(CCNC(=O)Cc1cccnc1)NC(=O)Cc1cc(C2CC2)on1. The number of nitrogens with zero attached hydrogens (tertiary/aromatic N) is 2. The van der Waals surface area contributed by atoms with Gasteiger partial charge in [0.15, 0.2) is 0 Å². The Bertz CT molecular complexity index is 740. The number of aromatic nitrogens is 2. The minimum atomic E-state index is -0.0881. The Kier molecular flexibility index (Phi) is 5.99. The van der Waals surface area contributed by atoms with E-state index in [0.29, 0.717) is 31.0 Å². The zero-order valence-corrected chi connectivity index (χ0v) is 14.9. The highest BCUT2D eigenvalue weighted by Crippen LogP contribution is 2.40. The van der Waals surface area contributed by atoms with E-state index in [2.05, 4.69) is 20.8 Å². The van der Waals surface area contributed by atoms with Gasteiger partial charge < -0.3 is 15.2 Å². The molecule has 1 aliphatic rings. The summed E-state index contributed by atoms with van der Waals surface area (Å²) in [6.07, 6.45) is 6.84. The third-order valence-electron chi connectivity index (χ3n) is 4.29. The normalized spacial score (nSPS) is 14.7. The maximum absolute atomic E-state index is 12.1. The van der Waals surface area contributed by atoms with Crippen LogP contribution in [0.2, 0.25) is 0 Å². The van der Waals surface area contributed by atoms with Crippen molar-refractivity contribution in [3.63, 3.8) is 0 Å². The number of pyridine rings is 1. The largest absolute Gasteiger partial charge is 0.361 e. The quantitative estimate of drug-likeness (QED) is 0.713. The molecule has 2 aromatic rings. The van der Waals surface area contributed by atoms with Crippen LogP contribution in [0, 0.1) is 0 Å². The van der Waals surface area contributed by atoms with Crippen molar-refractivity contribution in [2.45, 2.75) is 51.0 Å². The van der Waals surface area contributed by atoms with Gasteiger partial charge in [-0.2, -0.15) is 0 Å². The van der Waals surface area contributed by atoms with Crippen molar-refractivity contribution in [2.24, 2.45) is 0 Å². The van der Waals surface area contributed by atoms with Gasteiger partial charge >= 0.3 is 0 Å². The molecule has 2 aromatic heterocycles. The first-order valence-electron chi connectivity index (χ1n) is 9.00. The lowest BCUT2D eigenvalue weighted by Gasteiger charge is -2.14. The van der Waals surface area contributed by atoms with E-state index < -0.39 is 0 Å². The Morgan fingerprint density at radius 1 is 1.31 bits per heavy atom. The maximum atomic E-state index is 12.1. The molecule has 7 nitrogen and oxygen atoms in total. The molecule has 2 heterocycles. The lowest BCUT2D eigenvalue weighted by Crippen LogP contribution is -2.37. The average molecular weight is 356 g/mol. The minimum Gasteiger partial charge on any atom is -0.361 e. The molecule has 0 spiro atoms. The molecule has 1 aliphatic carbocycles. The second kappa shape index (κ2) is 8.60. The fourth-order valence-corrected chi connectivity index (χ4v) is 2.71. The summed E-state index contributed by atoms with van der Waals surface area (Å²) >= 11 is 0. The van der Waals surface area contributed by atoms with Crippen LogP contribution in [-0.4, -0.2) is 34.5 Å². The molecular weight excluding hydrogens is 332 g/mol. The van der Waals surface area contributed by atoms with E-state index in [-0.39, 0.29) is 24.3 Å². The first-order chi connectivity index (χ1) is 12.6. The summed E-state index contributed by atoms with van der Waals surface area (Å²) in [5.74, 6) is 1.24. The third-order valence-corrected chi connectivity index (χ3v) is 4.29. The fraction of sp³-hybridized carbons (Fsp3) is 0.474. The van der Waals surface area contributed by atoms with E-state index in [1.165, 1.54) is 0 Å². The van der Waals surface area contributed by atoms with Gasteiger partial charge in [0.1, 0.15) is 5.76 Å². The molecule has 0 aromatic carbocycles. The monoisotopic (exact) mass is 356 g/mol. The van der Waals surface area contributed by atoms with E-state index in [9.17, 15) is 9.59 Å². The molecule has 1 unspecified atom stereocenters. The first-order valence-corrected chi connectivity index (χ1v) is 9.00. The van der Waals surface area contributed by atoms with Crippen LogP contribution < -0.4 is 10.6 Å². The Hall–Kier alpha value is -2.70. The zero-order chi connectivity index (χ0) is 18.4. The van der Waals surface area contributed by atoms with Gasteiger partial charge in [-0.25, -0.2) is 0 Å². The Balaban J connectivity index is 1.32. The van der Waals surface area contributed by atoms with Gasteiger partial charge in [-0.1, -0.05) is 11.2 Å². The summed E-state index contributed by atoms with van der Waals surface area (Å²) in [5, 5.41) is 9.74. The summed E-state index contributed by atoms with van der Waals surface area (Å²) in [4.78, 5) is 27.9. The van der Waals surface area contributed by atoms with Crippen LogP contribution >= 0.6 is 0 Å². The molecule has 1 atom stereocenters. The molecule has 138 valence electrons. The molecule has 1 saturated carbocycles. The van der Waals surface area contributed by atoms with Gasteiger partial charge in [-0.15, -0.1) is 0 Å². The van der Waals surface area contributed by atoms with Crippen LogP contribution in [0.3, 0.4) is 0 Å². The van der Waals surface area contributed by atoms with Crippen molar-refractivity contribution < 1.29 is 14.1 Å². The van der Waals surface area contributed by atoms with Gasteiger partial charge in [0.2, 0.25) is 11.8 Å². The first kappa shape index (κ1) is 18.1. The Labute approximate surface area is 152 Å². The predicted molar refractivity (Wildman–Crippen MR) is 95.4 cm³/mol. The van der Waals surface area contributed by atoms with E-state index in [0.717, 1.165) is 24.2 Å². The molecule has 7 heteroatoms. The number of carbonyl (C=O) groups is 2. The maximum Gasteiger partial charge on any atom is 0.226 e. The molecule has 0 saturated heterocycles. The van der Waals surface area contributed by atoms with Crippen LogP contribution in [0.5, 0.6) is 0 Å². The molecule has 0 aliphatic heterocycles. The lowest BCUT2D eigenvalue weighted by molar-refractivity contribution is -0.121. The second-order valence-electron chi connectivity index (χ2n) is 6.82. The summed E-state index contributed by atoms with van der Waals surface area (Å²) in [6.45, 7) is 2.43. The summed E-state index contributed by atoms with van der Waals surface area (Å²) in [6, 6.07) is 5.52. The summed E-state index contributed by atoms with van der Waals surface area (Å²) in [5.41, 5.74) is 1.55. The smallest absolute Gasteiger partial charge is 0.226 e. The van der Waals surface area contributed by atoms with Crippen molar-refractivity contribution in [3.05, 3.63) is 47.6 Å². The van der Waals surface area contributed by atoms with Crippen LogP contribution in [0.4, 0.5) is 0 Å². The molecular formula is C19H24N4O3. The van der Waals surface area contributed by atoms with Crippen molar-refractivity contribution in [2.75, 3.05) is 6.54 Å². The standard InChI is InChI=1S/C19H24N4O3/c1-13(6-8-21-18(24)9-14-3-2-7-20-12-14)22-19(25)11-16-10-17(26-23-16)15-4-5-15/h2-3,7,10,12-13,15H,4-6,8-9,11H2,1H3,(H,21,24)(H,22,25). The number of nitrogens with one attached hydrogen (secondary N) is 2. The van der Waals surface area contributed by atoms with Gasteiger partial charge in [0.05, 0.1) is 18.5 Å². The van der Waals surface area contributed by atoms with Crippen LogP contribution in [0.25, 0.3) is 0 Å². The molecule has 0 radical (unpaired) electrons. The highest BCUT2D eigenvalue weighted by atomic mass is 16.5. The van der Waals surface area contributed by atoms with E-state index >= 15 is 0 Å². The van der Waals surface area contributed by atoms with Gasteiger partial charge in [-0.3, -0.25) is 14.6 Å². The number of rotatable bonds is 9. The predicted octanol–water partition coefficient (Wildman–Crippen LogP) is 1.74. The van der Waals surface area contributed by atoms with Crippen LogP contribution in [0.1, 0.15) is 49.1 Å². The Morgan fingerprint density at radius 2 is 2.15 bits per heavy atom. The third kappa shape index (κ3) is 5.68. The average Bonchev–Trinajstić information content (AvgIpc) is 3.35. The molecule has 0 bridgehead atoms. The Morgan fingerprint density at radius 3 is 2.88 bits per heavy atom.